The van der Waals surface area contributed by atoms with Gasteiger partial charge in [0.05, 0.1) is 4.90 Å². The largest absolute Gasteiger partial charge is 0.399 e. The summed E-state index contributed by atoms with van der Waals surface area (Å²) in [5.41, 5.74) is 8.30. The molecule has 25 heavy (non-hydrogen) atoms. The first-order valence-electron chi connectivity index (χ1n) is 7.96. The molecule has 0 saturated heterocycles. The van der Waals surface area contributed by atoms with E-state index >= 15 is 0 Å². The number of halogens is 1. The summed E-state index contributed by atoms with van der Waals surface area (Å²) in [5, 5.41) is 0.391. The standard InChI is InChI=1S/C18H24ClN3O2S/c1-13(2)22(25(23,24)17-7-5-6-15(19)11-17)12-14-10-16(20)8-9-18(14)21(3)4/h5-11,13H,12,20H2,1-4H3. The summed E-state index contributed by atoms with van der Waals surface area (Å²) in [7, 11) is 0.147. The van der Waals surface area contributed by atoms with Crippen molar-refractivity contribution in [2.75, 3.05) is 24.7 Å². The maximum atomic E-state index is 13.1. The van der Waals surface area contributed by atoms with E-state index in [-0.39, 0.29) is 17.5 Å². The quantitative estimate of drug-likeness (QED) is 0.776. The lowest BCUT2D eigenvalue weighted by molar-refractivity contribution is 0.348. The van der Waals surface area contributed by atoms with Crippen molar-refractivity contribution in [3.63, 3.8) is 0 Å². The van der Waals surface area contributed by atoms with Crippen LogP contribution in [0.15, 0.2) is 47.4 Å². The Morgan fingerprint density at radius 1 is 1.12 bits per heavy atom. The topological polar surface area (TPSA) is 66.6 Å². The van der Waals surface area contributed by atoms with Crippen molar-refractivity contribution in [1.82, 2.24) is 4.31 Å². The van der Waals surface area contributed by atoms with Crippen LogP contribution in [-0.2, 0) is 16.6 Å². The van der Waals surface area contributed by atoms with Crippen molar-refractivity contribution in [1.29, 1.82) is 0 Å². The van der Waals surface area contributed by atoms with Gasteiger partial charge in [0.2, 0.25) is 10.0 Å². The van der Waals surface area contributed by atoms with Gasteiger partial charge in [-0.25, -0.2) is 8.42 Å². The van der Waals surface area contributed by atoms with Gasteiger partial charge in [-0.05, 0) is 55.8 Å². The molecule has 0 unspecified atom stereocenters. The van der Waals surface area contributed by atoms with Crippen LogP contribution in [0.1, 0.15) is 19.4 Å². The number of anilines is 2. The molecule has 0 amide bonds. The normalized spacial score (nSPS) is 12.0. The Kier molecular flexibility index (Phi) is 5.98. The Labute approximate surface area is 155 Å². The average Bonchev–Trinajstić information content (AvgIpc) is 2.51. The summed E-state index contributed by atoms with van der Waals surface area (Å²) in [4.78, 5) is 2.13. The fraction of sp³-hybridized carbons (Fsp3) is 0.333. The Morgan fingerprint density at radius 2 is 1.80 bits per heavy atom. The van der Waals surface area contributed by atoms with Gasteiger partial charge in [0.25, 0.3) is 0 Å². The molecule has 2 aromatic rings. The molecule has 0 aliphatic heterocycles. The number of sulfonamides is 1. The molecule has 0 fully saturated rings. The Hall–Kier alpha value is -1.76. The van der Waals surface area contributed by atoms with Crippen LogP contribution in [0.2, 0.25) is 5.02 Å². The highest BCUT2D eigenvalue weighted by Gasteiger charge is 2.28. The molecule has 0 atom stereocenters. The second-order valence-electron chi connectivity index (χ2n) is 6.38. The first kappa shape index (κ1) is 19.6. The maximum Gasteiger partial charge on any atom is 0.243 e. The number of nitrogens with zero attached hydrogens (tertiary/aromatic N) is 2. The smallest absolute Gasteiger partial charge is 0.243 e. The van der Waals surface area contributed by atoms with E-state index in [4.69, 9.17) is 17.3 Å². The third-order valence-electron chi connectivity index (χ3n) is 3.89. The van der Waals surface area contributed by atoms with Crippen LogP contribution in [0.5, 0.6) is 0 Å². The summed E-state index contributed by atoms with van der Waals surface area (Å²) in [5.74, 6) is 0. The molecule has 0 radical (unpaired) electrons. The number of rotatable bonds is 6. The molecule has 0 aliphatic rings. The van der Waals surface area contributed by atoms with E-state index < -0.39 is 10.0 Å². The minimum Gasteiger partial charge on any atom is -0.399 e. The molecule has 0 saturated carbocycles. The first-order valence-corrected chi connectivity index (χ1v) is 9.78. The van der Waals surface area contributed by atoms with Crippen molar-refractivity contribution >= 4 is 33.0 Å². The number of benzene rings is 2. The van der Waals surface area contributed by atoms with E-state index in [2.05, 4.69) is 0 Å². The van der Waals surface area contributed by atoms with E-state index in [1.165, 1.54) is 10.4 Å². The van der Waals surface area contributed by atoms with E-state index in [1.807, 2.05) is 51.0 Å². The van der Waals surface area contributed by atoms with Crippen LogP contribution in [0.3, 0.4) is 0 Å². The van der Waals surface area contributed by atoms with Gasteiger partial charge in [0.15, 0.2) is 0 Å². The summed E-state index contributed by atoms with van der Waals surface area (Å²) in [6.45, 7) is 3.93. The van der Waals surface area contributed by atoms with E-state index in [1.54, 1.807) is 18.2 Å². The molecule has 2 N–H and O–H groups in total. The minimum atomic E-state index is -3.69. The number of hydrogen-bond donors (Lipinski definition) is 1. The third kappa shape index (κ3) is 4.45. The lowest BCUT2D eigenvalue weighted by Crippen LogP contribution is -2.36. The van der Waals surface area contributed by atoms with Gasteiger partial charge in [-0.3, -0.25) is 0 Å². The maximum absolute atomic E-state index is 13.1. The second kappa shape index (κ2) is 7.64. The number of nitrogen functional groups attached to an aromatic ring is 1. The fourth-order valence-electron chi connectivity index (χ4n) is 2.64. The van der Waals surface area contributed by atoms with E-state index in [0.29, 0.717) is 10.7 Å². The molecule has 0 aromatic heterocycles. The summed E-state index contributed by atoms with van der Waals surface area (Å²) in [6.07, 6.45) is 0. The van der Waals surface area contributed by atoms with Gasteiger partial charge < -0.3 is 10.6 Å². The lowest BCUT2D eigenvalue weighted by Gasteiger charge is -2.28. The molecular weight excluding hydrogens is 358 g/mol. The van der Waals surface area contributed by atoms with Crippen molar-refractivity contribution in [3.05, 3.63) is 53.1 Å². The van der Waals surface area contributed by atoms with Crippen molar-refractivity contribution in [2.24, 2.45) is 0 Å². The molecule has 2 rings (SSSR count). The molecule has 7 heteroatoms. The van der Waals surface area contributed by atoms with Crippen LogP contribution in [0, 0.1) is 0 Å². The molecule has 136 valence electrons. The molecule has 2 aromatic carbocycles. The predicted molar refractivity (Wildman–Crippen MR) is 104 cm³/mol. The van der Waals surface area contributed by atoms with Gasteiger partial charge in [0, 0.05) is 43.1 Å². The van der Waals surface area contributed by atoms with Crippen LogP contribution in [0.25, 0.3) is 0 Å². The highest BCUT2D eigenvalue weighted by Crippen LogP contribution is 2.28. The minimum absolute atomic E-state index is 0.184. The third-order valence-corrected chi connectivity index (χ3v) is 6.14. The van der Waals surface area contributed by atoms with Gasteiger partial charge in [0.1, 0.15) is 0 Å². The fourth-order valence-corrected chi connectivity index (χ4v) is 4.56. The molecule has 0 aliphatic carbocycles. The van der Waals surface area contributed by atoms with Crippen molar-refractivity contribution < 1.29 is 8.42 Å². The van der Waals surface area contributed by atoms with Crippen LogP contribution < -0.4 is 10.6 Å². The monoisotopic (exact) mass is 381 g/mol. The van der Waals surface area contributed by atoms with Gasteiger partial charge in [-0.1, -0.05) is 17.7 Å². The lowest BCUT2D eigenvalue weighted by atomic mass is 10.1. The zero-order chi connectivity index (χ0) is 18.8. The molecule has 0 bridgehead atoms. The van der Waals surface area contributed by atoms with Crippen LogP contribution in [-0.4, -0.2) is 32.9 Å². The second-order valence-corrected chi connectivity index (χ2v) is 8.71. The molecule has 5 nitrogen and oxygen atoms in total. The summed E-state index contributed by atoms with van der Waals surface area (Å²) >= 11 is 5.98. The number of nitrogens with two attached hydrogens (primary N) is 1. The summed E-state index contributed by atoms with van der Waals surface area (Å²) < 4.78 is 27.7. The van der Waals surface area contributed by atoms with Crippen molar-refractivity contribution in [3.8, 4) is 0 Å². The van der Waals surface area contributed by atoms with Gasteiger partial charge >= 0.3 is 0 Å². The molecule has 0 spiro atoms. The van der Waals surface area contributed by atoms with E-state index in [0.717, 1.165) is 11.3 Å². The van der Waals surface area contributed by atoms with Crippen LogP contribution in [0.4, 0.5) is 11.4 Å². The Morgan fingerprint density at radius 3 is 2.36 bits per heavy atom. The SMILES string of the molecule is CC(C)N(Cc1cc(N)ccc1N(C)C)S(=O)(=O)c1cccc(Cl)c1. The van der Waals surface area contributed by atoms with Gasteiger partial charge in [-0.15, -0.1) is 0 Å². The van der Waals surface area contributed by atoms with Gasteiger partial charge in [-0.2, -0.15) is 4.31 Å². The van der Waals surface area contributed by atoms with E-state index in [9.17, 15) is 8.42 Å². The zero-order valence-electron chi connectivity index (χ0n) is 14.9. The zero-order valence-corrected chi connectivity index (χ0v) is 16.5. The molecule has 0 heterocycles. The van der Waals surface area contributed by atoms with Crippen LogP contribution >= 0.6 is 11.6 Å². The molecular formula is C18H24ClN3O2S. The Balaban J connectivity index is 2.48. The predicted octanol–water partition coefficient (Wildman–Crippen LogP) is 3.59. The summed E-state index contributed by atoms with van der Waals surface area (Å²) in [6, 6.07) is 11.6. The highest BCUT2D eigenvalue weighted by molar-refractivity contribution is 7.89. The highest BCUT2D eigenvalue weighted by atomic mass is 35.5. The van der Waals surface area contributed by atoms with Crippen molar-refractivity contribution in [2.45, 2.75) is 31.3 Å². The average molecular weight is 382 g/mol. The Bertz CT molecular complexity index is 851. The first-order chi connectivity index (χ1) is 11.6. The number of hydrogen-bond acceptors (Lipinski definition) is 4.